The number of benzene rings is 2. The van der Waals surface area contributed by atoms with Crippen LogP contribution in [0, 0.1) is 0 Å². The Morgan fingerprint density at radius 3 is 2.29 bits per heavy atom. The Bertz CT molecular complexity index is 915. The molecule has 0 aromatic heterocycles. The molecule has 0 fully saturated rings. The van der Waals surface area contributed by atoms with E-state index in [9.17, 15) is 9.90 Å². The summed E-state index contributed by atoms with van der Waals surface area (Å²) in [5.74, 6) is 0.619. The summed E-state index contributed by atoms with van der Waals surface area (Å²) in [6.07, 6.45) is 13.7. The molecule has 0 bridgehead atoms. The molecule has 150 valence electrons. The molecule has 4 heteroatoms. The van der Waals surface area contributed by atoms with Crippen LogP contribution in [0.3, 0.4) is 0 Å². The summed E-state index contributed by atoms with van der Waals surface area (Å²) in [6.45, 7) is 2.25. The first-order valence-corrected chi connectivity index (χ1v) is 10.7. The van der Waals surface area contributed by atoms with Crippen LogP contribution in [-0.4, -0.2) is 10.1 Å². The number of nitrogens with zero attached hydrogens (tertiary/aromatic N) is 1. The highest BCUT2D eigenvalue weighted by Gasteiger charge is 2.15. The van der Waals surface area contributed by atoms with Crippen LogP contribution in [0.15, 0.2) is 39.5 Å². The smallest absolute Gasteiger partial charge is 0.182 e. The Labute approximate surface area is 167 Å². The molecular formula is C24H31NO3. The molecule has 28 heavy (non-hydrogen) atoms. The number of phenolic OH excluding ortho intramolecular Hbond substituents is 1. The normalized spacial score (nSPS) is 11.5. The third-order valence-corrected chi connectivity index (χ3v) is 5.32. The number of unbranched alkanes of at least 4 members (excludes halogenated alkanes) is 9. The van der Waals surface area contributed by atoms with Gasteiger partial charge >= 0.3 is 0 Å². The second-order valence-electron chi connectivity index (χ2n) is 7.73. The highest BCUT2D eigenvalue weighted by Crippen LogP contribution is 2.29. The van der Waals surface area contributed by atoms with Crippen LogP contribution in [0.4, 0.5) is 0 Å². The standard InChI is InChI=1S/C24H31NO3/c1-2-3-4-5-6-7-8-9-10-11-12-18-15-20(27)17-23-24(18)25-21-14-13-19(26)16-22(21)28-23/h13-17,26H,2-12H2,1H3. The first kappa shape index (κ1) is 20.4. The first-order chi connectivity index (χ1) is 13.7. The highest BCUT2D eigenvalue weighted by molar-refractivity contribution is 5.78. The maximum atomic E-state index is 12.1. The maximum Gasteiger partial charge on any atom is 0.182 e. The monoisotopic (exact) mass is 381 g/mol. The van der Waals surface area contributed by atoms with Gasteiger partial charge in [-0.2, -0.15) is 0 Å². The fourth-order valence-electron chi connectivity index (χ4n) is 3.75. The second-order valence-corrected chi connectivity index (χ2v) is 7.73. The topological polar surface area (TPSA) is 63.3 Å². The molecule has 4 nitrogen and oxygen atoms in total. The van der Waals surface area contributed by atoms with Crippen molar-refractivity contribution in [2.75, 3.05) is 0 Å². The number of aryl methyl sites for hydroxylation is 1. The molecule has 0 atom stereocenters. The number of hydrogen-bond donors (Lipinski definition) is 1. The Hall–Kier alpha value is -2.36. The van der Waals surface area contributed by atoms with E-state index in [1.807, 2.05) is 0 Å². The minimum absolute atomic E-state index is 0.0559. The van der Waals surface area contributed by atoms with Crippen molar-refractivity contribution in [2.45, 2.75) is 77.6 Å². The van der Waals surface area contributed by atoms with Gasteiger partial charge < -0.3 is 9.52 Å². The van der Waals surface area contributed by atoms with Crippen molar-refractivity contribution < 1.29 is 9.52 Å². The molecular weight excluding hydrogens is 350 g/mol. The average molecular weight is 382 g/mol. The third kappa shape index (κ3) is 5.57. The third-order valence-electron chi connectivity index (χ3n) is 5.32. The summed E-state index contributed by atoms with van der Waals surface area (Å²) in [4.78, 5) is 16.7. The van der Waals surface area contributed by atoms with E-state index in [0.29, 0.717) is 16.9 Å². The zero-order valence-corrected chi connectivity index (χ0v) is 16.9. The van der Waals surface area contributed by atoms with E-state index in [1.54, 1.807) is 18.2 Å². The van der Waals surface area contributed by atoms with Gasteiger partial charge in [0.1, 0.15) is 17.0 Å². The fraction of sp³-hybridized carbons (Fsp3) is 0.500. The van der Waals surface area contributed by atoms with E-state index in [-0.39, 0.29) is 11.2 Å². The van der Waals surface area contributed by atoms with Gasteiger partial charge in [0.2, 0.25) is 0 Å². The lowest BCUT2D eigenvalue weighted by atomic mass is 10.0. The molecule has 0 amide bonds. The molecule has 1 heterocycles. The van der Waals surface area contributed by atoms with E-state index in [0.717, 1.165) is 24.1 Å². The van der Waals surface area contributed by atoms with Crippen molar-refractivity contribution in [2.24, 2.45) is 0 Å². The number of rotatable bonds is 11. The Kier molecular flexibility index (Phi) is 7.46. The SMILES string of the molecule is CCCCCCCCCCCCc1cc(=O)cc2oc3cc(O)ccc3nc1-2. The largest absolute Gasteiger partial charge is 0.508 e. The number of aromatic hydroxyl groups is 1. The van der Waals surface area contributed by atoms with Crippen molar-refractivity contribution in [3.8, 4) is 17.2 Å². The minimum Gasteiger partial charge on any atom is -0.508 e. The second kappa shape index (κ2) is 10.3. The van der Waals surface area contributed by atoms with Gasteiger partial charge in [-0.25, -0.2) is 4.98 Å². The molecule has 1 aromatic carbocycles. The molecule has 1 N–H and O–H groups in total. The van der Waals surface area contributed by atoms with Gasteiger partial charge in [-0.3, -0.25) is 4.79 Å². The van der Waals surface area contributed by atoms with Gasteiger partial charge in [0, 0.05) is 12.1 Å². The van der Waals surface area contributed by atoms with Crippen molar-refractivity contribution in [1.29, 1.82) is 0 Å². The Morgan fingerprint density at radius 1 is 0.893 bits per heavy atom. The summed E-state index contributed by atoms with van der Waals surface area (Å²) in [7, 11) is 0. The number of hydrogen-bond acceptors (Lipinski definition) is 4. The molecule has 0 unspecified atom stereocenters. The summed E-state index contributed by atoms with van der Waals surface area (Å²) in [6, 6.07) is 8.03. The van der Waals surface area contributed by atoms with E-state index >= 15 is 0 Å². The van der Waals surface area contributed by atoms with Crippen LogP contribution < -0.4 is 5.43 Å². The summed E-state index contributed by atoms with van der Waals surface area (Å²) in [5.41, 5.74) is 2.84. The molecule has 2 aliphatic rings. The number of aromatic nitrogens is 1. The highest BCUT2D eigenvalue weighted by atomic mass is 16.3. The lowest BCUT2D eigenvalue weighted by molar-refractivity contribution is 0.474. The number of phenols is 1. The lowest BCUT2D eigenvalue weighted by Gasteiger charge is -2.11. The molecule has 0 saturated carbocycles. The predicted molar refractivity (Wildman–Crippen MR) is 114 cm³/mol. The zero-order valence-electron chi connectivity index (χ0n) is 16.9. The van der Waals surface area contributed by atoms with Gasteiger partial charge in [0.05, 0.1) is 0 Å². The fourth-order valence-corrected chi connectivity index (χ4v) is 3.75. The van der Waals surface area contributed by atoms with Crippen LogP contribution in [0.1, 0.15) is 76.7 Å². The van der Waals surface area contributed by atoms with Crippen molar-refractivity contribution >= 4 is 11.1 Å². The zero-order chi connectivity index (χ0) is 19.8. The summed E-state index contributed by atoms with van der Waals surface area (Å²) < 4.78 is 5.83. The van der Waals surface area contributed by atoms with E-state index in [2.05, 4.69) is 11.9 Å². The van der Waals surface area contributed by atoms with Gasteiger partial charge in [-0.1, -0.05) is 64.7 Å². The summed E-state index contributed by atoms with van der Waals surface area (Å²) in [5, 5.41) is 9.62. The van der Waals surface area contributed by atoms with Crippen molar-refractivity contribution in [1.82, 2.24) is 4.98 Å². The van der Waals surface area contributed by atoms with Crippen LogP contribution in [0.5, 0.6) is 5.75 Å². The van der Waals surface area contributed by atoms with Gasteiger partial charge in [-0.05, 0) is 36.6 Å². The van der Waals surface area contributed by atoms with Gasteiger partial charge in [-0.15, -0.1) is 0 Å². The molecule has 3 rings (SSSR count). The molecule has 1 aromatic rings. The van der Waals surface area contributed by atoms with Crippen LogP contribution >= 0.6 is 0 Å². The lowest BCUT2D eigenvalue weighted by Crippen LogP contribution is -2.06. The van der Waals surface area contributed by atoms with Gasteiger partial charge in [0.15, 0.2) is 16.8 Å². The Morgan fingerprint density at radius 2 is 1.57 bits per heavy atom. The molecule has 1 aliphatic carbocycles. The molecule has 0 spiro atoms. The van der Waals surface area contributed by atoms with Gasteiger partial charge in [0.25, 0.3) is 0 Å². The van der Waals surface area contributed by atoms with Crippen LogP contribution in [0.2, 0.25) is 0 Å². The molecule has 0 radical (unpaired) electrons. The summed E-state index contributed by atoms with van der Waals surface area (Å²) >= 11 is 0. The van der Waals surface area contributed by atoms with Crippen LogP contribution in [-0.2, 0) is 6.42 Å². The maximum absolute atomic E-state index is 12.1. The molecule has 0 saturated heterocycles. The minimum atomic E-state index is -0.0559. The Balaban J connectivity index is 1.55. The first-order valence-electron chi connectivity index (χ1n) is 10.7. The number of fused-ring (bicyclic) bond motifs is 2. The van der Waals surface area contributed by atoms with Crippen molar-refractivity contribution in [3.63, 3.8) is 0 Å². The molecule has 1 aliphatic heterocycles. The average Bonchev–Trinajstić information content (AvgIpc) is 2.67. The van der Waals surface area contributed by atoms with E-state index in [1.165, 1.54) is 69.9 Å². The predicted octanol–water partition coefficient (Wildman–Crippen LogP) is 6.46. The quantitative estimate of drug-likeness (QED) is 0.306. The van der Waals surface area contributed by atoms with Crippen LogP contribution in [0.25, 0.3) is 22.6 Å². The van der Waals surface area contributed by atoms with E-state index < -0.39 is 0 Å². The van der Waals surface area contributed by atoms with E-state index in [4.69, 9.17) is 4.42 Å². The van der Waals surface area contributed by atoms with Crippen molar-refractivity contribution in [3.05, 3.63) is 46.1 Å².